The standard InChI is InChI=1S/C27H33N5O2/c1-4-23-28-19(2)25-27(33)31(22-11-12-24(34-3)29-26(22)32(23)25)16-8-15-30-17-13-21(14-18-30)20-9-6-5-7-10-20/h5-7,9-12,21H,4,8,13-18H2,1-3H3. The van der Waals surface area contributed by atoms with E-state index in [0.717, 1.165) is 55.2 Å². The minimum absolute atomic E-state index is 0.00644. The largest absolute Gasteiger partial charge is 0.481 e. The van der Waals surface area contributed by atoms with E-state index >= 15 is 0 Å². The summed E-state index contributed by atoms with van der Waals surface area (Å²) in [6, 6.07) is 14.6. The van der Waals surface area contributed by atoms with Crippen LogP contribution in [0.4, 0.5) is 0 Å². The zero-order valence-corrected chi connectivity index (χ0v) is 20.3. The van der Waals surface area contributed by atoms with Gasteiger partial charge in [0.25, 0.3) is 5.56 Å². The number of piperidine rings is 1. The van der Waals surface area contributed by atoms with Crippen LogP contribution >= 0.6 is 0 Å². The third-order valence-corrected chi connectivity index (χ3v) is 7.14. The number of fused-ring (bicyclic) bond motifs is 3. The topological polar surface area (TPSA) is 64.7 Å². The Morgan fingerprint density at radius 2 is 1.79 bits per heavy atom. The van der Waals surface area contributed by atoms with Gasteiger partial charge >= 0.3 is 0 Å². The first-order valence-corrected chi connectivity index (χ1v) is 12.3. The molecule has 0 atom stereocenters. The molecule has 1 aromatic carbocycles. The summed E-state index contributed by atoms with van der Waals surface area (Å²) >= 11 is 0. The highest BCUT2D eigenvalue weighted by atomic mass is 16.5. The van der Waals surface area contributed by atoms with Crippen molar-refractivity contribution in [2.24, 2.45) is 0 Å². The molecular formula is C27H33N5O2. The van der Waals surface area contributed by atoms with E-state index in [1.54, 1.807) is 7.11 Å². The minimum Gasteiger partial charge on any atom is -0.481 e. The molecule has 4 aromatic rings. The van der Waals surface area contributed by atoms with Gasteiger partial charge in [0, 0.05) is 19.0 Å². The van der Waals surface area contributed by atoms with Gasteiger partial charge in [-0.05, 0) is 63.4 Å². The van der Waals surface area contributed by atoms with Crippen molar-refractivity contribution in [2.75, 3.05) is 26.7 Å². The Labute approximate surface area is 200 Å². The van der Waals surface area contributed by atoms with Crippen molar-refractivity contribution in [3.05, 3.63) is 69.9 Å². The van der Waals surface area contributed by atoms with Crippen LogP contribution < -0.4 is 10.3 Å². The quantitative estimate of drug-likeness (QED) is 0.415. The van der Waals surface area contributed by atoms with Crippen LogP contribution in [0.5, 0.6) is 5.88 Å². The van der Waals surface area contributed by atoms with Crippen molar-refractivity contribution in [1.29, 1.82) is 0 Å². The van der Waals surface area contributed by atoms with Crippen LogP contribution in [-0.2, 0) is 13.0 Å². The van der Waals surface area contributed by atoms with Gasteiger partial charge in [-0.1, -0.05) is 37.3 Å². The van der Waals surface area contributed by atoms with Crippen LogP contribution in [0.3, 0.4) is 0 Å². The molecule has 4 heterocycles. The van der Waals surface area contributed by atoms with E-state index in [4.69, 9.17) is 9.72 Å². The molecule has 0 saturated carbocycles. The zero-order chi connectivity index (χ0) is 23.7. The number of methoxy groups -OCH3 is 1. The van der Waals surface area contributed by atoms with Gasteiger partial charge < -0.3 is 14.2 Å². The van der Waals surface area contributed by atoms with E-state index < -0.39 is 0 Å². The van der Waals surface area contributed by atoms with Crippen molar-refractivity contribution in [2.45, 2.75) is 52.0 Å². The van der Waals surface area contributed by atoms with Crippen LogP contribution in [0.25, 0.3) is 16.7 Å². The maximum absolute atomic E-state index is 13.6. The Balaban J connectivity index is 1.36. The second kappa shape index (κ2) is 9.58. The first-order chi connectivity index (χ1) is 16.6. The van der Waals surface area contributed by atoms with E-state index in [2.05, 4.69) is 40.2 Å². The summed E-state index contributed by atoms with van der Waals surface area (Å²) in [5.74, 6) is 2.04. The molecule has 0 N–H and O–H groups in total. The third kappa shape index (κ3) is 4.09. The fourth-order valence-corrected chi connectivity index (χ4v) is 5.34. The van der Waals surface area contributed by atoms with Gasteiger partial charge in [0.1, 0.15) is 11.3 Å². The summed E-state index contributed by atoms with van der Waals surface area (Å²) in [4.78, 5) is 25.5. The average molecular weight is 460 g/mol. The summed E-state index contributed by atoms with van der Waals surface area (Å²) in [5, 5.41) is 0. The highest BCUT2D eigenvalue weighted by Crippen LogP contribution is 2.28. The lowest BCUT2D eigenvalue weighted by Crippen LogP contribution is -2.34. The molecule has 0 spiro atoms. The number of rotatable bonds is 7. The molecule has 0 unspecified atom stereocenters. The van der Waals surface area contributed by atoms with Gasteiger partial charge in [-0.15, -0.1) is 0 Å². The smallest absolute Gasteiger partial charge is 0.277 e. The van der Waals surface area contributed by atoms with E-state index in [-0.39, 0.29) is 5.56 Å². The van der Waals surface area contributed by atoms with E-state index in [1.165, 1.54) is 18.4 Å². The Hall–Kier alpha value is -3.19. The molecule has 7 nitrogen and oxygen atoms in total. The monoisotopic (exact) mass is 459 g/mol. The number of imidazole rings is 1. The first kappa shape index (κ1) is 22.6. The minimum atomic E-state index is 0.00644. The van der Waals surface area contributed by atoms with Crippen molar-refractivity contribution in [3.63, 3.8) is 0 Å². The van der Waals surface area contributed by atoms with Gasteiger partial charge in [-0.3, -0.25) is 9.20 Å². The number of likely N-dealkylation sites (tertiary alicyclic amines) is 1. The molecular weight excluding hydrogens is 426 g/mol. The Kier molecular flexibility index (Phi) is 6.37. The second-order valence-corrected chi connectivity index (χ2v) is 9.18. The third-order valence-electron chi connectivity index (χ3n) is 7.14. The number of pyridine rings is 1. The Morgan fingerprint density at radius 3 is 2.50 bits per heavy atom. The predicted molar refractivity (Wildman–Crippen MR) is 135 cm³/mol. The molecule has 3 aromatic heterocycles. The Morgan fingerprint density at radius 1 is 1.03 bits per heavy atom. The summed E-state index contributed by atoms with van der Waals surface area (Å²) < 4.78 is 9.18. The Bertz CT molecular complexity index is 1350. The molecule has 1 saturated heterocycles. The fourth-order valence-electron chi connectivity index (χ4n) is 5.34. The lowest BCUT2D eigenvalue weighted by Gasteiger charge is -2.32. The molecule has 0 bridgehead atoms. The fraction of sp³-hybridized carbons (Fsp3) is 0.444. The van der Waals surface area contributed by atoms with Crippen LogP contribution in [0, 0.1) is 6.92 Å². The van der Waals surface area contributed by atoms with Gasteiger partial charge in [-0.25, -0.2) is 4.98 Å². The number of aromatic nitrogens is 4. The number of ether oxygens (including phenoxy) is 1. The SMILES string of the molecule is CCc1nc(C)c2c(=O)n(CCCN3CCC(c4ccccc4)CC3)c3ccc(OC)nc3n12. The van der Waals surface area contributed by atoms with Gasteiger partial charge in [0.2, 0.25) is 5.88 Å². The highest BCUT2D eigenvalue weighted by molar-refractivity contribution is 5.77. The highest BCUT2D eigenvalue weighted by Gasteiger charge is 2.21. The number of hydrogen-bond acceptors (Lipinski definition) is 5. The molecule has 1 aliphatic heterocycles. The van der Waals surface area contributed by atoms with Crippen LogP contribution in [-0.4, -0.2) is 50.6 Å². The summed E-state index contributed by atoms with van der Waals surface area (Å²) in [6.45, 7) is 7.81. The lowest BCUT2D eigenvalue weighted by atomic mass is 9.89. The molecule has 0 aliphatic carbocycles. The molecule has 5 rings (SSSR count). The lowest BCUT2D eigenvalue weighted by molar-refractivity contribution is 0.207. The van der Waals surface area contributed by atoms with Gasteiger partial charge in [0.05, 0.1) is 18.3 Å². The molecule has 1 aliphatic rings. The predicted octanol–water partition coefficient (Wildman–Crippen LogP) is 4.19. The van der Waals surface area contributed by atoms with Gasteiger partial charge in [0.15, 0.2) is 5.65 Å². The number of nitrogens with zero attached hydrogens (tertiary/aromatic N) is 5. The molecule has 0 radical (unpaired) electrons. The summed E-state index contributed by atoms with van der Waals surface area (Å²) in [5.41, 5.74) is 4.40. The molecule has 7 heteroatoms. The normalized spacial score (nSPS) is 15.4. The van der Waals surface area contributed by atoms with Crippen molar-refractivity contribution >= 4 is 16.7 Å². The number of benzene rings is 1. The van der Waals surface area contributed by atoms with Crippen molar-refractivity contribution in [3.8, 4) is 5.88 Å². The maximum Gasteiger partial charge on any atom is 0.277 e. The van der Waals surface area contributed by atoms with Crippen LogP contribution in [0.2, 0.25) is 0 Å². The van der Waals surface area contributed by atoms with E-state index in [9.17, 15) is 4.79 Å². The zero-order valence-electron chi connectivity index (χ0n) is 20.3. The molecule has 1 fully saturated rings. The molecule has 34 heavy (non-hydrogen) atoms. The van der Waals surface area contributed by atoms with Crippen molar-refractivity contribution < 1.29 is 4.74 Å². The van der Waals surface area contributed by atoms with Gasteiger partial charge in [-0.2, -0.15) is 4.98 Å². The second-order valence-electron chi connectivity index (χ2n) is 9.18. The summed E-state index contributed by atoms with van der Waals surface area (Å²) in [6.07, 6.45) is 4.03. The van der Waals surface area contributed by atoms with Crippen LogP contribution in [0.1, 0.15) is 49.2 Å². The number of hydrogen-bond donors (Lipinski definition) is 0. The first-order valence-electron chi connectivity index (χ1n) is 12.3. The number of aryl methyl sites for hydroxylation is 3. The molecule has 0 amide bonds. The van der Waals surface area contributed by atoms with E-state index in [0.29, 0.717) is 23.9 Å². The van der Waals surface area contributed by atoms with E-state index in [1.807, 2.05) is 34.9 Å². The summed E-state index contributed by atoms with van der Waals surface area (Å²) in [7, 11) is 1.61. The maximum atomic E-state index is 13.6. The average Bonchev–Trinajstić information content (AvgIpc) is 3.23. The van der Waals surface area contributed by atoms with Crippen LogP contribution in [0.15, 0.2) is 47.3 Å². The van der Waals surface area contributed by atoms with Crippen molar-refractivity contribution in [1.82, 2.24) is 23.8 Å². The molecule has 178 valence electrons.